The van der Waals surface area contributed by atoms with Crippen molar-refractivity contribution in [3.05, 3.63) is 29.8 Å². The maximum absolute atomic E-state index is 5.69. The van der Waals surface area contributed by atoms with Crippen molar-refractivity contribution >= 4 is 29.9 Å². The van der Waals surface area contributed by atoms with E-state index in [-0.39, 0.29) is 24.0 Å². The lowest BCUT2D eigenvalue weighted by Crippen LogP contribution is -2.41. The van der Waals surface area contributed by atoms with E-state index in [4.69, 9.17) is 14.5 Å². The zero-order valence-electron chi connectivity index (χ0n) is 15.7. The highest BCUT2D eigenvalue weighted by Crippen LogP contribution is 2.18. The molecule has 1 unspecified atom stereocenters. The Kier molecular flexibility index (Phi) is 10.9. The highest BCUT2D eigenvalue weighted by atomic mass is 127. The van der Waals surface area contributed by atoms with Crippen LogP contribution in [0.5, 0.6) is 5.75 Å². The Morgan fingerprint density at radius 2 is 2.16 bits per heavy atom. The van der Waals surface area contributed by atoms with Crippen LogP contribution in [0.15, 0.2) is 29.3 Å². The number of nitrogens with zero attached hydrogens (tertiary/aromatic N) is 2. The van der Waals surface area contributed by atoms with Crippen molar-refractivity contribution in [2.24, 2.45) is 10.9 Å². The van der Waals surface area contributed by atoms with Crippen LogP contribution in [0.1, 0.15) is 25.8 Å². The number of hydrogen-bond acceptors (Lipinski definition) is 3. The van der Waals surface area contributed by atoms with E-state index in [0.29, 0.717) is 12.5 Å². The maximum Gasteiger partial charge on any atom is 0.193 e. The standard InChI is InChI=1S/C19H31N3O2.HI/c1-4-20-19(22(3)14-16-11-13-23-15-16)21-12-10-17-8-6-7-9-18(17)24-5-2;/h6-9,16H,4-5,10-15H2,1-3H3,(H,20,21);1H. The summed E-state index contributed by atoms with van der Waals surface area (Å²) < 4.78 is 11.2. The quantitative estimate of drug-likeness (QED) is 0.367. The minimum Gasteiger partial charge on any atom is -0.494 e. The lowest BCUT2D eigenvalue weighted by atomic mass is 10.1. The Hall–Kier alpha value is -1.02. The summed E-state index contributed by atoms with van der Waals surface area (Å²) in [4.78, 5) is 7.01. The van der Waals surface area contributed by atoms with Crippen molar-refractivity contribution in [2.75, 3.05) is 46.5 Å². The van der Waals surface area contributed by atoms with Crippen molar-refractivity contribution < 1.29 is 9.47 Å². The summed E-state index contributed by atoms with van der Waals surface area (Å²) in [7, 11) is 2.11. The molecule has 6 heteroatoms. The summed E-state index contributed by atoms with van der Waals surface area (Å²) in [6.45, 7) is 9.17. The third-order valence-electron chi connectivity index (χ3n) is 4.17. The number of nitrogens with one attached hydrogen (secondary N) is 1. The van der Waals surface area contributed by atoms with E-state index < -0.39 is 0 Å². The summed E-state index contributed by atoms with van der Waals surface area (Å²) >= 11 is 0. The Labute approximate surface area is 169 Å². The van der Waals surface area contributed by atoms with Gasteiger partial charge in [-0.25, -0.2) is 0 Å². The van der Waals surface area contributed by atoms with Crippen LogP contribution in [0.25, 0.3) is 0 Å². The molecule has 1 N–H and O–H groups in total. The van der Waals surface area contributed by atoms with Crippen LogP contribution in [-0.2, 0) is 11.2 Å². The fraction of sp³-hybridized carbons (Fsp3) is 0.632. The van der Waals surface area contributed by atoms with Gasteiger partial charge in [-0.05, 0) is 38.3 Å². The molecule has 0 amide bonds. The van der Waals surface area contributed by atoms with Gasteiger partial charge < -0.3 is 19.7 Å². The first-order valence-corrected chi connectivity index (χ1v) is 9.02. The van der Waals surface area contributed by atoms with Crippen molar-refractivity contribution in [2.45, 2.75) is 26.7 Å². The second kappa shape index (κ2) is 12.4. The maximum atomic E-state index is 5.69. The molecule has 1 atom stereocenters. The molecule has 5 nitrogen and oxygen atoms in total. The van der Waals surface area contributed by atoms with Gasteiger partial charge in [0.15, 0.2) is 5.96 Å². The van der Waals surface area contributed by atoms with Gasteiger partial charge in [-0.3, -0.25) is 4.99 Å². The number of benzene rings is 1. The second-order valence-corrected chi connectivity index (χ2v) is 6.14. The Bertz CT molecular complexity index is 519. The van der Waals surface area contributed by atoms with Gasteiger partial charge in [-0.1, -0.05) is 18.2 Å². The van der Waals surface area contributed by atoms with Gasteiger partial charge in [0.25, 0.3) is 0 Å². The fourth-order valence-corrected chi connectivity index (χ4v) is 2.96. The largest absolute Gasteiger partial charge is 0.494 e. The lowest BCUT2D eigenvalue weighted by molar-refractivity contribution is 0.181. The summed E-state index contributed by atoms with van der Waals surface area (Å²) in [6, 6.07) is 8.21. The van der Waals surface area contributed by atoms with E-state index in [1.54, 1.807) is 0 Å². The molecule has 1 saturated heterocycles. The molecule has 0 aromatic heterocycles. The summed E-state index contributed by atoms with van der Waals surface area (Å²) in [5.41, 5.74) is 1.21. The summed E-state index contributed by atoms with van der Waals surface area (Å²) in [5, 5.41) is 3.39. The number of hydrogen-bond donors (Lipinski definition) is 1. The molecule has 0 spiro atoms. The topological polar surface area (TPSA) is 46.1 Å². The number of guanidine groups is 1. The number of para-hydroxylation sites is 1. The fourth-order valence-electron chi connectivity index (χ4n) is 2.96. The molecule has 1 heterocycles. The number of rotatable bonds is 8. The van der Waals surface area contributed by atoms with Crippen LogP contribution in [0, 0.1) is 5.92 Å². The molecule has 1 aliphatic heterocycles. The van der Waals surface area contributed by atoms with E-state index in [9.17, 15) is 0 Å². The van der Waals surface area contributed by atoms with E-state index in [1.165, 1.54) is 5.56 Å². The Morgan fingerprint density at radius 1 is 1.36 bits per heavy atom. The van der Waals surface area contributed by atoms with Crippen LogP contribution in [0.2, 0.25) is 0 Å². The lowest BCUT2D eigenvalue weighted by Gasteiger charge is -2.24. The average Bonchev–Trinajstić information content (AvgIpc) is 3.08. The molecular weight excluding hydrogens is 429 g/mol. The van der Waals surface area contributed by atoms with Crippen molar-refractivity contribution in [1.29, 1.82) is 0 Å². The molecule has 1 fully saturated rings. The van der Waals surface area contributed by atoms with Gasteiger partial charge in [-0.2, -0.15) is 0 Å². The van der Waals surface area contributed by atoms with Crippen molar-refractivity contribution in [3.8, 4) is 5.75 Å². The zero-order valence-corrected chi connectivity index (χ0v) is 18.0. The molecule has 2 rings (SSSR count). The molecule has 25 heavy (non-hydrogen) atoms. The van der Waals surface area contributed by atoms with E-state index in [2.05, 4.69) is 36.3 Å². The molecule has 142 valence electrons. The highest BCUT2D eigenvalue weighted by molar-refractivity contribution is 14.0. The van der Waals surface area contributed by atoms with Crippen LogP contribution < -0.4 is 10.1 Å². The predicted octanol–water partition coefficient (Wildman–Crippen LogP) is 3.18. The van der Waals surface area contributed by atoms with Gasteiger partial charge in [0.2, 0.25) is 0 Å². The van der Waals surface area contributed by atoms with Crippen LogP contribution in [0.4, 0.5) is 0 Å². The van der Waals surface area contributed by atoms with Gasteiger partial charge in [0, 0.05) is 39.2 Å². The van der Waals surface area contributed by atoms with E-state index in [1.807, 2.05) is 19.1 Å². The molecule has 1 aromatic rings. The third-order valence-corrected chi connectivity index (χ3v) is 4.17. The third kappa shape index (κ3) is 7.40. The molecule has 0 aliphatic carbocycles. The van der Waals surface area contributed by atoms with E-state index >= 15 is 0 Å². The molecule has 0 saturated carbocycles. The minimum absolute atomic E-state index is 0. The number of ether oxygens (including phenoxy) is 2. The first-order chi connectivity index (χ1) is 11.7. The van der Waals surface area contributed by atoms with Gasteiger partial charge in [-0.15, -0.1) is 24.0 Å². The first kappa shape index (κ1) is 22.0. The Balaban J connectivity index is 0.00000312. The van der Waals surface area contributed by atoms with Crippen LogP contribution in [0.3, 0.4) is 0 Å². The molecule has 1 aromatic carbocycles. The first-order valence-electron chi connectivity index (χ1n) is 9.02. The van der Waals surface area contributed by atoms with Crippen LogP contribution in [-0.4, -0.2) is 57.4 Å². The zero-order chi connectivity index (χ0) is 17.2. The SMILES string of the molecule is CCNC(=NCCc1ccccc1OCC)N(C)CC1CCOC1.I. The highest BCUT2D eigenvalue weighted by Gasteiger charge is 2.19. The van der Waals surface area contributed by atoms with Crippen molar-refractivity contribution in [3.63, 3.8) is 0 Å². The number of halogens is 1. The summed E-state index contributed by atoms with van der Waals surface area (Å²) in [6.07, 6.45) is 2.02. The minimum atomic E-state index is 0. The predicted molar refractivity (Wildman–Crippen MR) is 114 cm³/mol. The van der Waals surface area contributed by atoms with Gasteiger partial charge in [0.05, 0.1) is 13.2 Å². The molecule has 0 bridgehead atoms. The second-order valence-electron chi connectivity index (χ2n) is 6.14. The van der Waals surface area contributed by atoms with Crippen molar-refractivity contribution in [1.82, 2.24) is 10.2 Å². The normalized spacial score (nSPS) is 17.1. The Morgan fingerprint density at radius 3 is 2.84 bits per heavy atom. The van der Waals surface area contributed by atoms with Crippen LogP contribution >= 0.6 is 24.0 Å². The van der Waals surface area contributed by atoms with Gasteiger partial charge in [0.1, 0.15) is 5.75 Å². The van der Waals surface area contributed by atoms with E-state index in [0.717, 1.165) is 57.4 Å². The molecular formula is C19H32IN3O2. The van der Waals surface area contributed by atoms with Gasteiger partial charge >= 0.3 is 0 Å². The monoisotopic (exact) mass is 461 g/mol. The average molecular weight is 461 g/mol. The molecule has 1 aliphatic rings. The smallest absolute Gasteiger partial charge is 0.193 e. The summed E-state index contributed by atoms with van der Waals surface area (Å²) in [5.74, 6) is 2.55. The molecule has 0 radical (unpaired) electrons. The number of aliphatic imine (C=N–C) groups is 1.